The summed E-state index contributed by atoms with van der Waals surface area (Å²) in [7, 11) is 0. The molecule has 1 amide bonds. The molecule has 2 aromatic carbocycles. The van der Waals surface area contributed by atoms with E-state index in [0.29, 0.717) is 23.3 Å². The summed E-state index contributed by atoms with van der Waals surface area (Å²) in [5.74, 6) is -2.43. The van der Waals surface area contributed by atoms with Crippen LogP contribution in [0.5, 0.6) is 5.75 Å². The number of aromatic nitrogens is 1. The summed E-state index contributed by atoms with van der Waals surface area (Å²) in [4.78, 5) is 27.6. The molecule has 0 spiro atoms. The van der Waals surface area contributed by atoms with E-state index >= 15 is 0 Å². The van der Waals surface area contributed by atoms with Gasteiger partial charge in [-0.3, -0.25) is 14.3 Å². The molecular formula is C24H19F2N3O4S. The molecule has 3 aliphatic rings. The molecule has 0 aliphatic carbocycles. The number of hydrogen-bond donors (Lipinski definition) is 2. The molecule has 2 atom stereocenters. The second-order valence-corrected chi connectivity index (χ2v) is 9.42. The monoisotopic (exact) mass is 483 g/mol. The second-order valence-electron chi connectivity index (χ2n) is 8.40. The molecule has 0 radical (unpaired) electrons. The Kier molecular flexibility index (Phi) is 4.89. The Balaban J connectivity index is 1.43. The molecule has 1 fully saturated rings. The molecule has 6 rings (SSSR count). The molecule has 0 saturated carbocycles. The standard InChI is InChI=1S/C24H19F2N3O4S/c25-16-5-4-12-10-14-13(2-1-3-18(14)34-11-15(12)19(16)26)22-23-27-29-7-6-17(30)21(31)20(29)24(32)28(23)8-9-33-22/h1-7,22-23,27,31H,8-11H2/t22-,23-/m0/s1. The number of thioether (sulfide) groups is 1. The van der Waals surface area contributed by atoms with Crippen molar-refractivity contribution in [3.63, 3.8) is 0 Å². The van der Waals surface area contributed by atoms with Gasteiger partial charge in [-0.25, -0.2) is 8.78 Å². The first-order valence-corrected chi connectivity index (χ1v) is 11.8. The van der Waals surface area contributed by atoms with Gasteiger partial charge in [-0.15, -0.1) is 11.8 Å². The van der Waals surface area contributed by atoms with E-state index in [1.54, 1.807) is 11.0 Å². The minimum atomic E-state index is -0.859. The normalized spacial score (nSPS) is 21.0. The number of fused-ring (bicyclic) bond motifs is 4. The summed E-state index contributed by atoms with van der Waals surface area (Å²) < 4.78 is 35.8. The van der Waals surface area contributed by atoms with Crippen LogP contribution in [0.2, 0.25) is 0 Å². The second kappa shape index (κ2) is 7.85. The van der Waals surface area contributed by atoms with Gasteiger partial charge in [0.25, 0.3) is 5.91 Å². The highest BCUT2D eigenvalue weighted by atomic mass is 32.2. The van der Waals surface area contributed by atoms with Crippen molar-refractivity contribution in [2.24, 2.45) is 0 Å². The SMILES string of the molecule is O=C1c2c(O)c(=O)ccn2N[C@@H]2[C@H](c3cccc4c3Cc3ccc(F)c(F)c3CS4)OCCN12. The number of rotatable bonds is 1. The summed E-state index contributed by atoms with van der Waals surface area (Å²) in [5.41, 5.74) is 5.29. The number of amides is 1. The number of halogens is 2. The van der Waals surface area contributed by atoms with Crippen molar-refractivity contribution in [2.45, 2.75) is 29.3 Å². The number of benzene rings is 2. The molecule has 174 valence electrons. The fourth-order valence-electron chi connectivity index (χ4n) is 4.88. The molecular weight excluding hydrogens is 464 g/mol. The Bertz CT molecular complexity index is 1410. The van der Waals surface area contributed by atoms with Crippen LogP contribution >= 0.6 is 11.8 Å². The zero-order valence-electron chi connectivity index (χ0n) is 17.8. The van der Waals surface area contributed by atoms with Crippen LogP contribution in [0.15, 0.2) is 52.3 Å². The molecule has 0 bridgehead atoms. The van der Waals surface area contributed by atoms with Gasteiger partial charge >= 0.3 is 0 Å². The van der Waals surface area contributed by atoms with E-state index in [4.69, 9.17) is 4.74 Å². The summed E-state index contributed by atoms with van der Waals surface area (Å²) in [6, 6.07) is 9.70. The molecule has 10 heteroatoms. The van der Waals surface area contributed by atoms with Crippen molar-refractivity contribution in [1.29, 1.82) is 0 Å². The Morgan fingerprint density at radius 3 is 2.82 bits per heavy atom. The quantitative estimate of drug-likeness (QED) is 0.554. The minimum Gasteiger partial charge on any atom is -0.502 e. The van der Waals surface area contributed by atoms with E-state index in [1.807, 2.05) is 18.2 Å². The van der Waals surface area contributed by atoms with Crippen LogP contribution in [0, 0.1) is 11.6 Å². The van der Waals surface area contributed by atoms with Gasteiger partial charge in [0.05, 0.1) is 6.61 Å². The van der Waals surface area contributed by atoms with E-state index in [-0.39, 0.29) is 18.8 Å². The van der Waals surface area contributed by atoms with Gasteiger partial charge < -0.3 is 20.2 Å². The fourth-order valence-corrected chi connectivity index (χ4v) is 6.03. The van der Waals surface area contributed by atoms with E-state index in [1.165, 1.54) is 28.7 Å². The van der Waals surface area contributed by atoms with Crippen LogP contribution in [0.4, 0.5) is 8.78 Å². The number of nitrogens with zero attached hydrogens (tertiary/aromatic N) is 2. The molecule has 0 unspecified atom stereocenters. The number of pyridine rings is 1. The number of carbonyl (C=O) groups excluding carboxylic acids is 1. The van der Waals surface area contributed by atoms with Crippen molar-refractivity contribution < 1.29 is 23.4 Å². The Morgan fingerprint density at radius 1 is 1.12 bits per heavy atom. The first-order valence-electron chi connectivity index (χ1n) is 10.8. The summed E-state index contributed by atoms with van der Waals surface area (Å²) in [6.45, 7) is 0.548. The lowest BCUT2D eigenvalue weighted by Crippen LogP contribution is -2.60. The zero-order valence-corrected chi connectivity index (χ0v) is 18.6. The maximum Gasteiger partial charge on any atom is 0.278 e. The molecule has 1 saturated heterocycles. The van der Waals surface area contributed by atoms with Crippen molar-refractivity contribution in [3.05, 3.63) is 92.4 Å². The lowest BCUT2D eigenvalue weighted by atomic mass is 9.92. The number of aromatic hydroxyl groups is 1. The number of hydrogen-bond acceptors (Lipinski definition) is 6. The molecule has 34 heavy (non-hydrogen) atoms. The Labute approximate surface area is 196 Å². The molecule has 1 aromatic heterocycles. The number of nitrogens with one attached hydrogen (secondary N) is 1. The van der Waals surface area contributed by atoms with Gasteiger partial charge in [0.15, 0.2) is 23.1 Å². The molecule has 3 aromatic rings. The largest absolute Gasteiger partial charge is 0.502 e. The van der Waals surface area contributed by atoms with Crippen molar-refractivity contribution in [1.82, 2.24) is 9.58 Å². The lowest BCUT2D eigenvalue weighted by Gasteiger charge is -2.46. The van der Waals surface area contributed by atoms with E-state index < -0.39 is 41.0 Å². The third kappa shape index (κ3) is 3.13. The van der Waals surface area contributed by atoms with Gasteiger partial charge in [0, 0.05) is 35.0 Å². The minimum absolute atomic E-state index is 0.113. The molecule has 4 heterocycles. The third-order valence-corrected chi connectivity index (χ3v) is 7.70. The Morgan fingerprint density at radius 2 is 1.97 bits per heavy atom. The number of carbonyl (C=O) groups is 1. The third-order valence-electron chi connectivity index (χ3n) is 6.57. The first kappa shape index (κ1) is 21.2. The van der Waals surface area contributed by atoms with Crippen LogP contribution in [-0.4, -0.2) is 39.9 Å². The van der Waals surface area contributed by atoms with Crippen LogP contribution in [0.25, 0.3) is 0 Å². The summed E-state index contributed by atoms with van der Waals surface area (Å²) in [6.07, 6.45) is 0.651. The predicted octanol–water partition coefficient (Wildman–Crippen LogP) is 3.13. The van der Waals surface area contributed by atoms with Crippen LogP contribution < -0.4 is 10.9 Å². The van der Waals surface area contributed by atoms with E-state index in [2.05, 4.69) is 5.43 Å². The Hall–Kier alpha value is -3.37. The average Bonchev–Trinajstić information content (AvgIpc) is 3.03. The van der Waals surface area contributed by atoms with Gasteiger partial charge in [-0.1, -0.05) is 18.2 Å². The smallest absolute Gasteiger partial charge is 0.278 e. The van der Waals surface area contributed by atoms with Gasteiger partial charge in [-0.2, -0.15) is 0 Å². The van der Waals surface area contributed by atoms with Crippen molar-refractivity contribution >= 4 is 17.7 Å². The summed E-state index contributed by atoms with van der Waals surface area (Å²) >= 11 is 1.44. The topological polar surface area (TPSA) is 83.8 Å². The van der Waals surface area contributed by atoms with Crippen LogP contribution in [0.1, 0.15) is 38.8 Å². The fraction of sp³-hybridized carbons (Fsp3) is 0.250. The zero-order chi connectivity index (χ0) is 23.6. The maximum atomic E-state index is 14.5. The van der Waals surface area contributed by atoms with Crippen LogP contribution in [-0.2, 0) is 16.9 Å². The van der Waals surface area contributed by atoms with Gasteiger partial charge in [0.1, 0.15) is 12.3 Å². The molecule has 7 nitrogen and oxygen atoms in total. The maximum absolute atomic E-state index is 14.5. The van der Waals surface area contributed by atoms with Crippen molar-refractivity contribution in [3.8, 4) is 5.75 Å². The average molecular weight is 483 g/mol. The summed E-state index contributed by atoms with van der Waals surface area (Å²) in [5, 5.41) is 10.2. The lowest BCUT2D eigenvalue weighted by molar-refractivity contribution is -0.0604. The van der Waals surface area contributed by atoms with Gasteiger partial charge in [0.2, 0.25) is 5.43 Å². The van der Waals surface area contributed by atoms with E-state index in [0.717, 1.165) is 22.1 Å². The van der Waals surface area contributed by atoms with E-state index in [9.17, 15) is 23.5 Å². The molecule has 3 aliphatic heterocycles. The number of ether oxygens (including phenoxy) is 1. The number of morpholine rings is 1. The highest BCUT2D eigenvalue weighted by molar-refractivity contribution is 7.98. The van der Waals surface area contributed by atoms with Gasteiger partial charge in [-0.05, 0) is 35.2 Å². The molecule has 2 N–H and O–H groups in total. The van der Waals surface area contributed by atoms with Crippen molar-refractivity contribution in [2.75, 3.05) is 18.6 Å². The highest BCUT2D eigenvalue weighted by Gasteiger charge is 2.43. The van der Waals surface area contributed by atoms with Crippen LogP contribution in [0.3, 0.4) is 0 Å². The first-order chi connectivity index (χ1) is 16.4. The highest BCUT2D eigenvalue weighted by Crippen LogP contribution is 2.41. The predicted molar refractivity (Wildman–Crippen MR) is 120 cm³/mol.